The Morgan fingerprint density at radius 1 is 0.977 bits per heavy atom. The molecule has 0 aliphatic carbocycles. The lowest BCUT2D eigenvalue weighted by Crippen LogP contribution is -2.50. The first-order chi connectivity index (χ1) is 21.1. The van der Waals surface area contributed by atoms with Crippen molar-refractivity contribution in [2.24, 2.45) is 5.92 Å². The van der Waals surface area contributed by atoms with E-state index in [0.717, 1.165) is 0 Å². The van der Waals surface area contributed by atoms with E-state index in [9.17, 15) is 19.5 Å². The number of hydrogen-bond acceptors (Lipinski definition) is 7. The SMILES string of the molecule is COc1ccc(NC(=O)Nc2cccc3c2O[C@H](CN(C)C(=O)Nc2ccc(OC)cc2)[C@H](C)CN([C@@H](C)CO)C3=O)cc1. The Hall–Kier alpha value is -4.97. The molecule has 3 aromatic rings. The predicted molar refractivity (Wildman–Crippen MR) is 168 cm³/mol. The molecule has 4 N–H and O–H groups in total. The average Bonchev–Trinajstić information content (AvgIpc) is 3.03. The molecule has 0 bridgehead atoms. The Balaban J connectivity index is 1.59. The summed E-state index contributed by atoms with van der Waals surface area (Å²) in [4.78, 5) is 42.9. The molecule has 0 unspecified atom stereocenters. The number of urea groups is 2. The maximum Gasteiger partial charge on any atom is 0.323 e. The maximum absolute atomic E-state index is 13.7. The Morgan fingerprint density at radius 3 is 2.14 bits per heavy atom. The number of ether oxygens (including phenoxy) is 3. The van der Waals surface area contributed by atoms with Gasteiger partial charge in [0.25, 0.3) is 5.91 Å². The number of likely N-dealkylation sites (N-methyl/N-ethyl adjacent to an activating group) is 1. The first-order valence-corrected chi connectivity index (χ1v) is 14.2. The molecule has 5 amide bonds. The van der Waals surface area contributed by atoms with Gasteiger partial charge in [0, 0.05) is 30.9 Å². The van der Waals surface area contributed by atoms with Gasteiger partial charge in [-0.15, -0.1) is 0 Å². The van der Waals surface area contributed by atoms with Crippen molar-refractivity contribution in [3.63, 3.8) is 0 Å². The van der Waals surface area contributed by atoms with Crippen molar-refractivity contribution in [3.8, 4) is 17.2 Å². The second-order valence-electron chi connectivity index (χ2n) is 10.7. The number of aliphatic hydroxyl groups is 1. The van der Waals surface area contributed by atoms with Gasteiger partial charge in [0.05, 0.1) is 44.7 Å². The van der Waals surface area contributed by atoms with Crippen LogP contribution in [0.25, 0.3) is 0 Å². The molecule has 0 saturated heterocycles. The van der Waals surface area contributed by atoms with E-state index in [2.05, 4.69) is 16.0 Å². The molecule has 3 aromatic carbocycles. The van der Waals surface area contributed by atoms with Crippen LogP contribution in [-0.2, 0) is 0 Å². The summed E-state index contributed by atoms with van der Waals surface area (Å²) >= 11 is 0. The van der Waals surface area contributed by atoms with Gasteiger partial charge in [-0.1, -0.05) is 13.0 Å². The summed E-state index contributed by atoms with van der Waals surface area (Å²) in [5.41, 5.74) is 1.65. The van der Waals surface area contributed by atoms with Gasteiger partial charge < -0.3 is 45.1 Å². The third kappa shape index (κ3) is 7.70. The number of methoxy groups -OCH3 is 2. The van der Waals surface area contributed by atoms with Gasteiger partial charge in [-0.05, 0) is 67.6 Å². The lowest BCUT2D eigenvalue weighted by Gasteiger charge is -2.38. The second kappa shape index (κ2) is 14.5. The highest BCUT2D eigenvalue weighted by Crippen LogP contribution is 2.35. The third-order valence-electron chi connectivity index (χ3n) is 7.43. The van der Waals surface area contributed by atoms with E-state index in [1.54, 1.807) is 99.8 Å². The number of anilines is 3. The smallest absolute Gasteiger partial charge is 0.323 e. The van der Waals surface area contributed by atoms with E-state index in [1.807, 2.05) is 6.92 Å². The summed E-state index contributed by atoms with van der Waals surface area (Å²) in [7, 11) is 4.78. The number of fused-ring (bicyclic) bond motifs is 1. The van der Waals surface area contributed by atoms with Crippen LogP contribution in [0.4, 0.5) is 26.7 Å². The van der Waals surface area contributed by atoms with E-state index in [-0.39, 0.29) is 54.6 Å². The van der Waals surface area contributed by atoms with Crippen LogP contribution >= 0.6 is 0 Å². The molecule has 0 spiro atoms. The Kier molecular flexibility index (Phi) is 10.5. The fourth-order valence-electron chi connectivity index (χ4n) is 4.76. The molecular formula is C32H39N5O7. The standard InChI is InChI=1S/C32H39N5O7/c1-20-17-37(21(2)19-38)30(39)26-7-6-8-27(35-31(40)33-22-9-13-24(42-4)14-10-22)29(26)44-28(20)18-36(3)32(41)34-23-11-15-25(43-5)16-12-23/h6-16,20-21,28,38H,17-19H2,1-5H3,(H,34,41)(H2,33,35,40)/t20-,21+,28-/m1/s1. The average molecular weight is 606 g/mol. The van der Waals surface area contributed by atoms with E-state index < -0.39 is 18.2 Å². The van der Waals surface area contributed by atoms with Gasteiger partial charge >= 0.3 is 12.1 Å². The highest BCUT2D eigenvalue weighted by Gasteiger charge is 2.35. The molecule has 12 nitrogen and oxygen atoms in total. The topological polar surface area (TPSA) is 142 Å². The lowest BCUT2D eigenvalue weighted by molar-refractivity contribution is 0.0373. The van der Waals surface area contributed by atoms with E-state index in [4.69, 9.17) is 14.2 Å². The molecule has 234 valence electrons. The molecule has 1 heterocycles. The van der Waals surface area contributed by atoms with Crippen molar-refractivity contribution >= 4 is 35.0 Å². The molecule has 0 radical (unpaired) electrons. The number of aliphatic hydroxyl groups excluding tert-OH is 1. The highest BCUT2D eigenvalue weighted by atomic mass is 16.5. The molecule has 0 fully saturated rings. The van der Waals surface area contributed by atoms with Crippen molar-refractivity contribution in [2.45, 2.75) is 26.0 Å². The normalized spacial score (nSPS) is 16.8. The van der Waals surface area contributed by atoms with Crippen LogP contribution in [0.5, 0.6) is 17.2 Å². The second-order valence-corrected chi connectivity index (χ2v) is 10.7. The van der Waals surface area contributed by atoms with Crippen molar-refractivity contribution in [1.82, 2.24) is 9.80 Å². The maximum atomic E-state index is 13.7. The minimum absolute atomic E-state index is 0.171. The number of para-hydroxylation sites is 1. The van der Waals surface area contributed by atoms with Crippen molar-refractivity contribution < 1.29 is 33.7 Å². The first-order valence-electron chi connectivity index (χ1n) is 14.2. The Bertz CT molecular complexity index is 1450. The molecule has 0 aromatic heterocycles. The Labute approximate surface area is 256 Å². The molecule has 1 aliphatic heterocycles. The summed E-state index contributed by atoms with van der Waals surface area (Å²) in [6.07, 6.45) is -0.575. The van der Waals surface area contributed by atoms with Crippen LogP contribution in [0.3, 0.4) is 0 Å². The summed E-state index contributed by atoms with van der Waals surface area (Å²) in [6, 6.07) is 17.4. The molecular weight excluding hydrogens is 566 g/mol. The van der Waals surface area contributed by atoms with Gasteiger partial charge in [-0.2, -0.15) is 0 Å². The van der Waals surface area contributed by atoms with Gasteiger partial charge in [-0.3, -0.25) is 4.79 Å². The molecule has 4 rings (SSSR count). The number of nitrogens with zero attached hydrogens (tertiary/aromatic N) is 2. The number of carbonyl (C=O) groups is 3. The van der Waals surface area contributed by atoms with E-state index >= 15 is 0 Å². The zero-order chi connectivity index (χ0) is 31.8. The first kappa shape index (κ1) is 32.0. The summed E-state index contributed by atoms with van der Waals surface area (Å²) in [6.45, 7) is 3.91. The minimum Gasteiger partial charge on any atom is -0.497 e. The summed E-state index contributed by atoms with van der Waals surface area (Å²) < 4.78 is 16.8. The van der Waals surface area contributed by atoms with Gasteiger partial charge in [-0.25, -0.2) is 9.59 Å². The number of benzene rings is 3. The van der Waals surface area contributed by atoms with Crippen molar-refractivity contribution in [3.05, 3.63) is 72.3 Å². The molecule has 12 heteroatoms. The summed E-state index contributed by atoms with van der Waals surface area (Å²) in [5, 5.41) is 18.4. The number of rotatable bonds is 9. The predicted octanol–water partition coefficient (Wildman–Crippen LogP) is 4.73. The van der Waals surface area contributed by atoms with Crippen LogP contribution < -0.4 is 30.2 Å². The highest BCUT2D eigenvalue weighted by molar-refractivity contribution is 6.04. The van der Waals surface area contributed by atoms with Gasteiger partial charge in [0.1, 0.15) is 17.6 Å². The fourth-order valence-corrected chi connectivity index (χ4v) is 4.76. The molecule has 3 atom stereocenters. The monoisotopic (exact) mass is 605 g/mol. The van der Waals surface area contributed by atoms with Crippen molar-refractivity contribution in [2.75, 3.05) is 56.9 Å². The van der Waals surface area contributed by atoms with Gasteiger partial charge in [0.15, 0.2) is 5.75 Å². The number of hydrogen-bond donors (Lipinski definition) is 4. The van der Waals surface area contributed by atoms with Crippen molar-refractivity contribution in [1.29, 1.82) is 0 Å². The van der Waals surface area contributed by atoms with Crippen LogP contribution in [0, 0.1) is 5.92 Å². The third-order valence-corrected chi connectivity index (χ3v) is 7.43. The van der Waals surface area contributed by atoms with Crippen LogP contribution in [0.15, 0.2) is 66.7 Å². The number of carbonyl (C=O) groups excluding carboxylic acids is 3. The lowest BCUT2D eigenvalue weighted by atomic mass is 9.99. The number of amides is 5. The molecule has 0 saturated carbocycles. The van der Waals surface area contributed by atoms with Gasteiger partial charge in [0.2, 0.25) is 0 Å². The largest absolute Gasteiger partial charge is 0.497 e. The zero-order valence-electron chi connectivity index (χ0n) is 25.5. The van der Waals surface area contributed by atoms with Crippen LogP contribution in [0.2, 0.25) is 0 Å². The molecule has 1 aliphatic rings. The summed E-state index contributed by atoms with van der Waals surface area (Å²) in [5.74, 6) is 0.912. The Morgan fingerprint density at radius 2 is 1.57 bits per heavy atom. The quantitative estimate of drug-likeness (QED) is 0.276. The van der Waals surface area contributed by atoms with E-state index in [1.165, 1.54) is 4.90 Å². The molecule has 44 heavy (non-hydrogen) atoms. The zero-order valence-corrected chi connectivity index (χ0v) is 25.5. The number of nitrogens with one attached hydrogen (secondary N) is 3. The fraction of sp³-hybridized carbons (Fsp3) is 0.344. The van der Waals surface area contributed by atoms with Crippen LogP contribution in [-0.4, -0.2) is 86.0 Å². The van der Waals surface area contributed by atoms with E-state index in [0.29, 0.717) is 22.9 Å². The van der Waals surface area contributed by atoms with Crippen LogP contribution in [0.1, 0.15) is 24.2 Å². The minimum atomic E-state index is -0.575.